The third-order valence-electron chi connectivity index (χ3n) is 2.17. The molecule has 3 nitrogen and oxygen atoms in total. The molecular formula is C12H17NO2. The predicted octanol–water partition coefficient (Wildman–Crippen LogP) is 2.04. The number of methoxy groups -OCH3 is 1. The van der Waals surface area contributed by atoms with Crippen molar-refractivity contribution >= 4 is 5.91 Å². The van der Waals surface area contributed by atoms with Crippen LogP contribution in [0, 0.1) is 5.92 Å². The van der Waals surface area contributed by atoms with E-state index >= 15 is 0 Å². The number of hydrogen-bond acceptors (Lipinski definition) is 2. The van der Waals surface area contributed by atoms with Gasteiger partial charge in [-0.3, -0.25) is 4.79 Å². The summed E-state index contributed by atoms with van der Waals surface area (Å²) >= 11 is 0. The number of ether oxygens (including phenoxy) is 1. The lowest BCUT2D eigenvalue weighted by atomic mass is 10.1. The van der Waals surface area contributed by atoms with Crippen molar-refractivity contribution in [3.63, 3.8) is 0 Å². The second-order valence-corrected chi connectivity index (χ2v) is 3.74. The number of hydrogen-bond donors (Lipinski definition) is 1. The molecule has 0 saturated heterocycles. The smallest absolute Gasteiger partial charge is 0.253 e. The average molecular weight is 207 g/mol. The highest BCUT2D eigenvalue weighted by Gasteiger charge is 2.15. The molecule has 1 rings (SSSR count). The molecule has 1 unspecified atom stereocenters. The van der Waals surface area contributed by atoms with E-state index in [1.807, 2.05) is 32.0 Å². The van der Waals surface area contributed by atoms with Crippen LogP contribution < -0.4 is 5.32 Å². The lowest BCUT2D eigenvalue weighted by Gasteiger charge is -2.20. The van der Waals surface area contributed by atoms with Crippen LogP contribution in [0.3, 0.4) is 0 Å². The monoisotopic (exact) mass is 207 g/mol. The highest BCUT2D eigenvalue weighted by atomic mass is 16.5. The molecule has 0 aromatic heterocycles. The van der Waals surface area contributed by atoms with Gasteiger partial charge in [0, 0.05) is 12.7 Å². The number of nitrogens with one attached hydrogen (secondary N) is 1. The summed E-state index contributed by atoms with van der Waals surface area (Å²) in [6.07, 6.45) is -0.238. The van der Waals surface area contributed by atoms with Crippen LogP contribution in [0.15, 0.2) is 30.3 Å². The van der Waals surface area contributed by atoms with Gasteiger partial charge in [-0.2, -0.15) is 0 Å². The molecule has 1 aromatic carbocycles. The first-order chi connectivity index (χ1) is 7.15. The summed E-state index contributed by atoms with van der Waals surface area (Å²) in [5.41, 5.74) is 0.653. The number of benzene rings is 1. The van der Waals surface area contributed by atoms with E-state index in [-0.39, 0.29) is 18.1 Å². The molecule has 0 fully saturated rings. The van der Waals surface area contributed by atoms with E-state index in [1.54, 1.807) is 19.2 Å². The van der Waals surface area contributed by atoms with Crippen LogP contribution >= 0.6 is 0 Å². The number of carbonyl (C=O) groups excluding carboxylic acids is 1. The Labute approximate surface area is 90.4 Å². The summed E-state index contributed by atoms with van der Waals surface area (Å²) in [6.45, 7) is 4.00. The van der Waals surface area contributed by atoms with Gasteiger partial charge >= 0.3 is 0 Å². The first-order valence-electron chi connectivity index (χ1n) is 5.04. The zero-order chi connectivity index (χ0) is 11.3. The molecule has 0 spiro atoms. The second kappa shape index (κ2) is 5.51. The van der Waals surface area contributed by atoms with Gasteiger partial charge in [0.1, 0.15) is 6.23 Å². The summed E-state index contributed by atoms with van der Waals surface area (Å²) in [5.74, 6) is 0.152. The Morgan fingerprint density at radius 3 is 2.33 bits per heavy atom. The average Bonchev–Trinajstić information content (AvgIpc) is 2.26. The highest BCUT2D eigenvalue weighted by molar-refractivity contribution is 5.94. The van der Waals surface area contributed by atoms with Gasteiger partial charge < -0.3 is 10.1 Å². The highest BCUT2D eigenvalue weighted by Crippen LogP contribution is 2.04. The molecule has 15 heavy (non-hydrogen) atoms. The second-order valence-electron chi connectivity index (χ2n) is 3.74. The van der Waals surface area contributed by atoms with E-state index in [0.717, 1.165) is 0 Å². The topological polar surface area (TPSA) is 38.3 Å². The van der Waals surface area contributed by atoms with Crippen LogP contribution in [0.1, 0.15) is 24.2 Å². The van der Waals surface area contributed by atoms with Crippen molar-refractivity contribution < 1.29 is 9.53 Å². The van der Waals surface area contributed by atoms with E-state index in [0.29, 0.717) is 5.56 Å². The van der Waals surface area contributed by atoms with Crippen LogP contribution in [0.25, 0.3) is 0 Å². The Balaban J connectivity index is 2.63. The van der Waals surface area contributed by atoms with Crippen molar-refractivity contribution in [2.45, 2.75) is 20.1 Å². The number of carbonyl (C=O) groups is 1. The van der Waals surface area contributed by atoms with Gasteiger partial charge in [-0.05, 0) is 18.1 Å². The van der Waals surface area contributed by atoms with Gasteiger partial charge in [-0.25, -0.2) is 0 Å². The number of rotatable bonds is 4. The maximum absolute atomic E-state index is 11.7. The van der Waals surface area contributed by atoms with Crippen LogP contribution in [-0.2, 0) is 4.74 Å². The Bertz CT molecular complexity index is 309. The maximum atomic E-state index is 11.7. The minimum Gasteiger partial charge on any atom is -0.361 e. The minimum absolute atomic E-state index is 0.101. The lowest BCUT2D eigenvalue weighted by Crippen LogP contribution is -2.39. The summed E-state index contributed by atoms with van der Waals surface area (Å²) in [6, 6.07) is 9.12. The standard InChI is InChI=1S/C12H17NO2/c1-9(2)12(15-3)13-11(14)10-7-5-4-6-8-10/h4-9,12H,1-3H3,(H,13,14). The van der Waals surface area contributed by atoms with E-state index in [1.165, 1.54) is 0 Å². The lowest BCUT2D eigenvalue weighted by molar-refractivity contribution is 0.0335. The quantitative estimate of drug-likeness (QED) is 0.767. The zero-order valence-electron chi connectivity index (χ0n) is 9.36. The van der Waals surface area contributed by atoms with Gasteiger partial charge in [0.05, 0.1) is 0 Å². The van der Waals surface area contributed by atoms with Gasteiger partial charge in [-0.15, -0.1) is 0 Å². The molecule has 1 amide bonds. The molecule has 82 valence electrons. The Hall–Kier alpha value is -1.35. The van der Waals surface area contributed by atoms with E-state index < -0.39 is 0 Å². The molecule has 0 radical (unpaired) electrons. The van der Waals surface area contributed by atoms with E-state index in [4.69, 9.17) is 4.74 Å². The summed E-state index contributed by atoms with van der Waals surface area (Å²) in [7, 11) is 1.59. The SMILES string of the molecule is COC(NC(=O)c1ccccc1)C(C)C. The fourth-order valence-corrected chi connectivity index (χ4v) is 1.30. The van der Waals surface area contributed by atoms with Gasteiger partial charge in [-0.1, -0.05) is 32.0 Å². The molecule has 1 atom stereocenters. The molecule has 1 aromatic rings. The molecule has 0 aliphatic carbocycles. The molecule has 0 aliphatic rings. The van der Waals surface area contributed by atoms with Crippen LogP contribution in [0.2, 0.25) is 0 Å². The summed E-state index contributed by atoms with van der Waals surface area (Å²) in [4.78, 5) is 11.7. The Morgan fingerprint density at radius 1 is 1.27 bits per heavy atom. The Kier molecular flexibility index (Phi) is 4.31. The summed E-state index contributed by atoms with van der Waals surface area (Å²) < 4.78 is 5.17. The minimum atomic E-state index is -0.238. The fraction of sp³-hybridized carbons (Fsp3) is 0.417. The van der Waals surface area contributed by atoms with Crippen molar-refractivity contribution in [3.8, 4) is 0 Å². The van der Waals surface area contributed by atoms with Crippen molar-refractivity contribution in [1.82, 2.24) is 5.32 Å². The normalized spacial score (nSPS) is 12.5. The fourth-order valence-electron chi connectivity index (χ4n) is 1.30. The van der Waals surface area contributed by atoms with Crippen molar-refractivity contribution in [3.05, 3.63) is 35.9 Å². The van der Waals surface area contributed by atoms with Gasteiger partial charge in [0.15, 0.2) is 0 Å². The third-order valence-corrected chi connectivity index (χ3v) is 2.17. The molecule has 0 heterocycles. The molecule has 3 heteroatoms. The van der Waals surface area contributed by atoms with Gasteiger partial charge in [0.2, 0.25) is 0 Å². The van der Waals surface area contributed by atoms with Crippen LogP contribution in [0.4, 0.5) is 0 Å². The van der Waals surface area contributed by atoms with Gasteiger partial charge in [0.25, 0.3) is 5.91 Å². The summed E-state index contributed by atoms with van der Waals surface area (Å²) in [5, 5.41) is 2.82. The van der Waals surface area contributed by atoms with Crippen molar-refractivity contribution in [1.29, 1.82) is 0 Å². The van der Waals surface area contributed by atoms with Crippen molar-refractivity contribution in [2.24, 2.45) is 5.92 Å². The zero-order valence-corrected chi connectivity index (χ0v) is 9.36. The Morgan fingerprint density at radius 2 is 1.87 bits per heavy atom. The molecule has 1 N–H and O–H groups in total. The molecular weight excluding hydrogens is 190 g/mol. The van der Waals surface area contributed by atoms with E-state index in [2.05, 4.69) is 5.32 Å². The first-order valence-corrected chi connectivity index (χ1v) is 5.04. The maximum Gasteiger partial charge on any atom is 0.253 e. The van der Waals surface area contributed by atoms with Crippen LogP contribution in [-0.4, -0.2) is 19.2 Å². The number of amides is 1. The largest absolute Gasteiger partial charge is 0.361 e. The van der Waals surface area contributed by atoms with Crippen LogP contribution in [0.5, 0.6) is 0 Å². The third kappa shape index (κ3) is 3.36. The molecule has 0 aliphatic heterocycles. The molecule has 0 saturated carbocycles. The van der Waals surface area contributed by atoms with E-state index in [9.17, 15) is 4.79 Å². The molecule has 0 bridgehead atoms. The van der Waals surface area contributed by atoms with Crippen molar-refractivity contribution in [2.75, 3.05) is 7.11 Å². The first kappa shape index (κ1) is 11.7. The predicted molar refractivity (Wildman–Crippen MR) is 59.5 cm³/mol.